The van der Waals surface area contributed by atoms with Crippen molar-refractivity contribution in [1.82, 2.24) is 9.78 Å². The maximum atomic E-state index is 9.73. The van der Waals surface area contributed by atoms with Gasteiger partial charge in [0, 0.05) is 11.6 Å². The largest absolute Gasteiger partial charge is 0.388 e. The van der Waals surface area contributed by atoms with Crippen LogP contribution in [0, 0.1) is 0 Å². The Morgan fingerprint density at radius 1 is 1.64 bits per heavy atom. The Labute approximate surface area is 92.2 Å². The van der Waals surface area contributed by atoms with Crippen LogP contribution in [0.15, 0.2) is 10.8 Å². The predicted molar refractivity (Wildman–Crippen MR) is 58.9 cm³/mol. The van der Waals surface area contributed by atoms with E-state index in [1.807, 2.05) is 18.5 Å². The Balaban J connectivity index is 2.89. The van der Waals surface area contributed by atoms with Gasteiger partial charge in [-0.15, -0.1) is 0 Å². The lowest BCUT2D eigenvalue weighted by Gasteiger charge is -2.10. The van der Waals surface area contributed by atoms with Gasteiger partial charge in [-0.05, 0) is 42.7 Å². The normalized spacial score (nSPS) is 13.6. The highest BCUT2D eigenvalue weighted by molar-refractivity contribution is 9.10. The molecule has 0 spiro atoms. The molecule has 1 rings (SSSR count). The standard InChI is InChI=1S/C9H16BrN3O/c1-6(2)13-9(10)7(5-12-13)8(14)3-4-11/h5-6,8,14H,3-4,11H2,1-2H3. The highest BCUT2D eigenvalue weighted by atomic mass is 79.9. The van der Waals surface area contributed by atoms with Crippen LogP contribution in [0.2, 0.25) is 0 Å². The van der Waals surface area contributed by atoms with Crippen LogP contribution in [0.25, 0.3) is 0 Å². The summed E-state index contributed by atoms with van der Waals surface area (Å²) in [6.45, 7) is 4.55. The van der Waals surface area contributed by atoms with E-state index in [0.29, 0.717) is 13.0 Å². The fourth-order valence-electron chi connectivity index (χ4n) is 1.26. The van der Waals surface area contributed by atoms with E-state index in [1.54, 1.807) is 6.20 Å². The van der Waals surface area contributed by atoms with Gasteiger partial charge in [0.25, 0.3) is 0 Å². The van der Waals surface area contributed by atoms with Crippen LogP contribution in [0.4, 0.5) is 0 Å². The molecule has 5 heteroatoms. The molecule has 0 fully saturated rings. The summed E-state index contributed by atoms with van der Waals surface area (Å²) in [6, 6.07) is 0.281. The van der Waals surface area contributed by atoms with Gasteiger partial charge in [0.05, 0.1) is 12.3 Å². The van der Waals surface area contributed by atoms with Crippen molar-refractivity contribution in [3.63, 3.8) is 0 Å². The molecule has 0 saturated heterocycles. The minimum absolute atomic E-state index is 0.281. The van der Waals surface area contributed by atoms with Crippen molar-refractivity contribution in [1.29, 1.82) is 0 Å². The third-order valence-corrected chi connectivity index (χ3v) is 2.87. The number of aliphatic hydroxyl groups is 1. The van der Waals surface area contributed by atoms with Gasteiger partial charge in [0.2, 0.25) is 0 Å². The lowest BCUT2D eigenvalue weighted by atomic mass is 10.1. The Morgan fingerprint density at radius 3 is 2.71 bits per heavy atom. The number of aliphatic hydroxyl groups excluding tert-OH is 1. The van der Waals surface area contributed by atoms with E-state index in [0.717, 1.165) is 10.2 Å². The van der Waals surface area contributed by atoms with Crippen molar-refractivity contribution < 1.29 is 5.11 Å². The second-order valence-corrected chi connectivity index (χ2v) is 4.27. The summed E-state index contributed by atoms with van der Waals surface area (Å²) in [5.74, 6) is 0. The molecule has 1 aromatic rings. The predicted octanol–water partition coefficient (Wildman–Crippen LogP) is 1.61. The molecule has 0 amide bonds. The van der Waals surface area contributed by atoms with Crippen molar-refractivity contribution in [2.75, 3.05) is 6.54 Å². The zero-order chi connectivity index (χ0) is 10.7. The molecule has 0 aliphatic rings. The molecule has 80 valence electrons. The van der Waals surface area contributed by atoms with Crippen LogP contribution < -0.4 is 5.73 Å². The quantitative estimate of drug-likeness (QED) is 0.866. The third-order valence-electron chi connectivity index (χ3n) is 2.05. The molecule has 1 unspecified atom stereocenters. The van der Waals surface area contributed by atoms with Gasteiger partial charge in [-0.1, -0.05) is 0 Å². The second kappa shape index (κ2) is 4.91. The van der Waals surface area contributed by atoms with E-state index < -0.39 is 6.10 Å². The monoisotopic (exact) mass is 261 g/mol. The lowest BCUT2D eigenvalue weighted by molar-refractivity contribution is 0.169. The molecule has 1 atom stereocenters. The van der Waals surface area contributed by atoms with E-state index >= 15 is 0 Å². The van der Waals surface area contributed by atoms with Gasteiger partial charge in [-0.25, -0.2) is 0 Å². The fraction of sp³-hybridized carbons (Fsp3) is 0.667. The topological polar surface area (TPSA) is 64.1 Å². The van der Waals surface area contributed by atoms with Crippen LogP contribution in [0.3, 0.4) is 0 Å². The van der Waals surface area contributed by atoms with Crippen LogP contribution >= 0.6 is 15.9 Å². The minimum Gasteiger partial charge on any atom is -0.388 e. The molecular formula is C9H16BrN3O. The van der Waals surface area contributed by atoms with Crippen molar-refractivity contribution >= 4 is 15.9 Å². The summed E-state index contributed by atoms with van der Waals surface area (Å²) in [4.78, 5) is 0. The number of nitrogens with two attached hydrogens (primary N) is 1. The molecule has 0 aliphatic carbocycles. The van der Waals surface area contributed by atoms with Gasteiger partial charge in [0.15, 0.2) is 0 Å². The summed E-state index contributed by atoms with van der Waals surface area (Å²) in [5, 5.41) is 13.9. The van der Waals surface area contributed by atoms with E-state index in [2.05, 4.69) is 21.0 Å². The Hall–Kier alpha value is -0.390. The molecule has 14 heavy (non-hydrogen) atoms. The smallest absolute Gasteiger partial charge is 0.110 e. The molecule has 4 nitrogen and oxygen atoms in total. The highest BCUT2D eigenvalue weighted by Gasteiger charge is 2.16. The third kappa shape index (κ3) is 2.34. The summed E-state index contributed by atoms with van der Waals surface area (Å²) in [6.07, 6.45) is 1.72. The SMILES string of the molecule is CC(C)n1ncc(C(O)CCN)c1Br. The Bertz CT molecular complexity index is 298. The molecule has 0 saturated carbocycles. The first-order valence-corrected chi connectivity index (χ1v) is 5.48. The number of rotatable bonds is 4. The molecule has 0 radical (unpaired) electrons. The van der Waals surface area contributed by atoms with Crippen molar-refractivity contribution in [2.45, 2.75) is 32.4 Å². The average Bonchev–Trinajstić information content (AvgIpc) is 2.47. The number of hydrogen-bond acceptors (Lipinski definition) is 3. The first-order chi connectivity index (χ1) is 6.57. The van der Waals surface area contributed by atoms with E-state index in [-0.39, 0.29) is 6.04 Å². The fourth-order valence-corrected chi connectivity index (χ4v) is 2.13. The summed E-state index contributed by atoms with van der Waals surface area (Å²) < 4.78 is 2.67. The number of aromatic nitrogens is 2. The zero-order valence-electron chi connectivity index (χ0n) is 8.44. The molecule has 0 aliphatic heterocycles. The van der Waals surface area contributed by atoms with Gasteiger partial charge >= 0.3 is 0 Å². The maximum Gasteiger partial charge on any atom is 0.110 e. The first-order valence-electron chi connectivity index (χ1n) is 4.69. The van der Waals surface area contributed by atoms with Crippen molar-refractivity contribution in [3.8, 4) is 0 Å². The highest BCUT2D eigenvalue weighted by Crippen LogP contribution is 2.26. The van der Waals surface area contributed by atoms with Crippen LogP contribution in [0.1, 0.15) is 38.0 Å². The van der Waals surface area contributed by atoms with E-state index in [1.165, 1.54) is 0 Å². The molecule has 3 N–H and O–H groups in total. The maximum absolute atomic E-state index is 9.73. The first kappa shape index (κ1) is 11.7. The summed E-state index contributed by atoms with van der Waals surface area (Å²) >= 11 is 3.42. The van der Waals surface area contributed by atoms with E-state index in [4.69, 9.17) is 5.73 Å². The number of halogens is 1. The Kier molecular flexibility index (Phi) is 4.10. The average molecular weight is 262 g/mol. The lowest BCUT2D eigenvalue weighted by Crippen LogP contribution is -2.07. The van der Waals surface area contributed by atoms with Gasteiger partial charge in [-0.3, -0.25) is 4.68 Å². The van der Waals surface area contributed by atoms with Crippen LogP contribution in [-0.4, -0.2) is 21.4 Å². The zero-order valence-corrected chi connectivity index (χ0v) is 10.0. The summed E-state index contributed by atoms with van der Waals surface area (Å²) in [5.41, 5.74) is 6.19. The van der Waals surface area contributed by atoms with Gasteiger partial charge in [-0.2, -0.15) is 5.10 Å². The van der Waals surface area contributed by atoms with Crippen LogP contribution in [-0.2, 0) is 0 Å². The van der Waals surface area contributed by atoms with Gasteiger partial charge < -0.3 is 10.8 Å². The Morgan fingerprint density at radius 2 is 2.29 bits per heavy atom. The van der Waals surface area contributed by atoms with E-state index in [9.17, 15) is 5.11 Å². The number of nitrogens with zero attached hydrogens (tertiary/aromatic N) is 2. The number of hydrogen-bond donors (Lipinski definition) is 2. The molecule has 0 aromatic carbocycles. The molecule has 0 bridgehead atoms. The minimum atomic E-state index is -0.526. The van der Waals surface area contributed by atoms with Gasteiger partial charge in [0.1, 0.15) is 4.60 Å². The summed E-state index contributed by atoms with van der Waals surface area (Å²) in [7, 11) is 0. The van der Waals surface area contributed by atoms with Crippen molar-refractivity contribution in [2.24, 2.45) is 5.73 Å². The molecule has 1 heterocycles. The van der Waals surface area contributed by atoms with Crippen molar-refractivity contribution in [3.05, 3.63) is 16.4 Å². The second-order valence-electron chi connectivity index (χ2n) is 3.52. The molecular weight excluding hydrogens is 246 g/mol. The van der Waals surface area contributed by atoms with Crippen LogP contribution in [0.5, 0.6) is 0 Å². The molecule has 1 aromatic heterocycles.